The molecule has 5 nitrogen and oxygen atoms in total. The number of carbonyl (C=O) groups is 1. The largest absolute Gasteiger partial charge is 0.397 e. The molecule has 2 heterocycles. The highest BCUT2D eigenvalue weighted by atomic mass is 16.5. The van der Waals surface area contributed by atoms with Gasteiger partial charge < -0.3 is 20.4 Å². The second-order valence-corrected chi connectivity index (χ2v) is 6.40. The van der Waals surface area contributed by atoms with Crippen molar-refractivity contribution >= 4 is 11.6 Å². The highest BCUT2D eigenvalue weighted by molar-refractivity contribution is 5.93. The molecule has 0 bridgehead atoms. The summed E-state index contributed by atoms with van der Waals surface area (Å²) in [5.41, 5.74) is 7.34. The van der Waals surface area contributed by atoms with Gasteiger partial charge in [-0.15, -0.1) is 0 Å². The third-order valence-electron chi connectivity index (χ3n) is 4.42. The first kappa shape index (κ1) is 13.5. The van der Waals surface area contributed by atoms with Crippen LogP contribution in [0.1, 0.15) is 49.1 Å². The zero-order chi connectivity index (χ0) is 14.2. The fourth-order valence-electron chi connectivity index (χ4n) is 2.76. The normalized spacial score (nSPS) is 21.6. The average Bonchev–Trinajstić information content (AvgIpc) is 3.20. The Bertz CT molecular complexity index is 499. The molecule has 2 aliphatic rings. The van der Waals surface area contributed by atoms with Gasteiger partial charge >= 0.3 is 0 Å². The Morgan fingerprint density at radius 2 is 2.20 bits per heavy atom. The molecule has 0 atom stereocenters. The lowest BCUT2D eigenvalue weighted by Crippen LogP contribution is -2.39. The number of nitrogen functional groups attached to an aromatic ring is 1. The van der Waals surface area contributed by atoms with Crippen LogP contribution in [0.4, 0.5) is 5.69 Å². The number of amides is 1. The fourth-order valence-corrected chi connectivity index (χ4v) is 2.76. The first-order valence-electron chi connectivity index (χ1n) is 7.41. The van der Waals surface area contributed by atoms with E-state index < -0.39 is 0 Å². The van der Waals surface area contributed by atoms with Crippen LogP contribution in [-0.2, 0) is 4.74 Å². The predicted octanol–water partition coefficient (Wildman–Crippen LogP) is 1.95. The third-order valence-corrected chi connectivity index (χ3v) is 4.42. The van der Waals surface area contributed by atoms with E-state index in [0.29, 0.717) is 24.0 Å². The van der Waals surface area contributed by atoms with Crippen molar-refractivity contribution in [1.82, 2.24) is 9.88 Å². The van der Waals surface area contributed by atoms with E-state index in [2.05, 4.69) is 12.2 Å². The van der Waals surface area contributed by atoms with Gasteiger partial charge in [0.25, 0.3) is 5.91 Å². The van der Waals surface area contributed by atoms with Gasteiger partial charge in [0, 0.05) is 32.0 Å². The molecule has 1 aromatic rings. The minimum Gasteiger partial charge on any atom is -0.397 e. The van der Waals surface area contributed by atoms with Gasteiger partial charge in [-0.25, -0.2) is 0 Å². The van der Waals surface area contributed by atoms with Crippen LogP contribution in [0.15, 0.2) is 12.3 Å². The molecule has 1 aromatic heterocycles. The molecule has 1 aliphatic carbocycles. The molecule has 0 unspecified atom stereocenters. The number of carbonyl (C=O) groups excluding carboxylic acids is 1. The van der Waals surface area contributed by atoms with Crippen LogP contribution in [0.3, 0.4) is 0 Å². The highest BCUT2D eigenvalue weighted by Gasteiger charge is 2.30. The monoisotopic (exact) mass is 277 g/mol. The third kappa shape index (κ3) is 2.82. The summed E-state index contributed by atoms with van der Waals surface area (Å²) in [5, 5.41) is 3.07. The van der Waals surface area contributed by atoms with E-state index in [1.54, 1.807) is 6.07 Å². The van der Waals surface area contributed by atoms with E-state index in [1.807, 2.05) is 10.8 Å². The lowest BCUT2D eigenvalue weighted by Gasteiger charge is -2.33. The minimum absolute atomic E-state index is 0.0127. The molecule has 0 spiro atoms. The standard InChI is InChI=1S/C15H23N3O2/c1-15(4-6-20-7-5-15)10-17-14(19)13-8-11(16)9-18(13)12-2-3-12/h8-9,12H,2-7,10,16H2,1H3,(H,17,19). The molecule has 1 aliphatic heterocycles. The maximum Gasteiger partial charge on any atom is 0.268 e. The van der Waals surface area contributed by atoms with Crippen LogP contribution in [0.5, 0.6) is 0 Å². The van der Waals surface area contributed by atoms with E-state index in [0.717, 1.165) is 38.9 Å². The Labute approximate surface area is 119 Å². The number of anilines is 1. The van der Waals surface area contributed by atoms with Gasteiger partial charge in [-0.1, -0.05) is 6.92 Å². The maximum atomic E-state index is 12.4. The minimum atomic E-state index is -0.0127. The van der Waals surface area contributed by atoms with Gasteiger partial charge in [-0.05, 0) is 37.2 Å². The second kappa shape index (κ2) is 5.13. The SMILES string of the molecule is CC1(CNC(=O)c2cc(N)cn2C2CC2)CCOCC1. The number of hydrogen-bond donors (Lipinski definition) is 2. The van der Waals surface area contributed by atoms with Gasteiger partial charge in [0.2, 0.25) is 0 Å². The van der Waals surface area contributed by atoms with E-state index in [9.17, 15) is 4.79 Å². The summed E-state index contributed by atoms with van der Waals surface area (Å²) in [6.45, 7) is 4.49. The molecule has 1 saturated carbocycles. The van der Waals surface area contributed by atoms with Crippen LogP contribution in [-0.4, -0.2) is 30.2 Å². The van der Waals surface area contributed by atoms with Gasteiger partial charge in [0.1, 0.15) is 5.69 Å². The molecule has 2 fully saturated rings. The van der Waals surface area contributed by atoms with Gasteiger partial charge in [0.05, 0.1) is 5.69 Å². The number of hydrogen-bond acceptors (Lipinski definition) is 3. The van der Waals surface area contributed by atoms with Crippen molar-refractivity contribution in [2.75, 3.05) is 25.5 Å². The summed E-state index contributed by atoms with van der Waals surface area (Å²) in [6, 6.07) is 2.24. The van der Waals surface area contributed by atoms with Crippen molar-refractivity contribution in [3.63, 3.8) is 0 Å². The van der Waals surface area contributed by atoms with Crippen LogP contribution in [0, 0.1) is 5.41 Å². The molecule has 3 rings (SSSR count). The van der Waals surface area contributed by atoms with Crippen molar-refractivity contribution in [3.05, 3.63) is 18.0 Å². The fraction of sp³-hybridized carbons (Fsp3) is 0.667. The van der Waals surface area contributed by atoms with Crippen molar-refractivity contribution in [2.24, 2.45) is 5.41 Å². The number of nitrogens with one attached hydrogen (secondary N) is 1. The summed E-state index contributed by atoms with van der Waals surface area (Å²) in [5.74, 6) is -0.0127. The molecule has 1 amide bonds. The van der Waals surface area contributed by atoms with Gasteiger partial charge in [0.15, 0.2) is 0 Å². The Morgan fingerprint density at radius 3 is 2.85 bits per heavy atom. The Morgan fingerprint density at radius 1 is 1.50 bits per heavy atom. The molecule has 0 aromatic carbocycles. The van der Waals surface area contributed by atoms with Gasteiger partial charge in [-0.2, -0.15) is 0 Å². The Kier molecular flexibility index (Phi) is 3.46. The molecule has 110 valence electrons. The van der Waals surface area contributed by atoms with Crippen LogP contribution in [0.25, 0.3) is 0 Å². The van der Waals surface area contributed by atoms with Crippen LogP contribution in [0.2, 0.25) is 0 Å². The second-order valence-electron chi connectivity index (χ2n) is 6.40. The average molecular weight is 277 g/mol. The molecule has 3 N–H and O–H groups in total. The van der Waals surface area contributed by atoms with E-state index in [-0.39, 0.29) is 11.3 Å². The van der Waals surface area contributed by atoms with E-state index in [4.69, 9.17) is 10.5 Å². The molecular weight excluding hydrogens is 254 g/mol. The topological polar surface area (TPSA) is 69.3 Å². The lowest BCUT2D eigenvalue weighted by molar-refractivity contribution is 0.0238. The van der Waals surface area contributed by atoms with Crippen LogP contribution >= 0.6 is 0 Å². The Balaban J connectivity index is 1.64. The molecule has 0 radical (unpaired) electrons. The number of rotatable bonds is 4. The number of ether oxygens (including phenoxy) is 1. The van der Waals surface area contributed by atoms with E-state index >= 15 is 0 Å². The van der Waals surface area contributed by atoms with Gasteiger partial charge in [-0.3, -0.25) is 4.79 Å². The summed E-state index contributed by atoms with van der Waals surface area (Å²) in [6.07, 6.45) is 6.16. The number of nitrogens with zero attached hydrogens (tertiary/aromatic N) is 1. The van der Waals surface area contributed by atoms with Crippen molar-refractivity contribution < 1.29 is 9.53 Å². The van der Waals surface area contributed by atoms with Crippen molar-refractivity contribution in [1.29, 1.82) is 0 Å². The quantitative estimate of drug-likeness (QED) is 0.884. The highest BCUT2D eigenvalue weighted by Crippen LogP contribution is 2.37. The Hall–Kier alpha value is -1.49. The maximum absolute atomic E-state index is 12.4. The lowest BCUT2D eigenvalue weighted by atomic mass is 9.82. The summed E-state index contributed by atoms with van der Waals surface area (Å²) < 4.78 is 7.41. The summed E-state index contributed by atoms with van der Waals surface area (Å²) in [4.78, 5) is 12.4. The van der Waals surface area contributed by atoms with Crippen LogP contribution < -0.4 is 11.1 Å². The molecule has 5 heteroatoms. The molecule has 20 heavy (non-hydrogen) atoms. The molecular formula is C15H23N3O2. The summed E-state index contributed by atoms with van der Waals surface area (Å²) in [7, 11) is 0. The predicted molar refractivity (Wildman–Crippen MR) is 77.6 cm³/mol. The van der Waals surface area contributed by atoms with Crippen molar-refractivity contribution in [3.8, 4) is 0 Å². The van der Waals surface area contributed by atoms with Crippen molar-refractivity contribution in [2.45, 2.75) is 38.6 Å². The zero-order valence-corrected chi connectivity index (χ0v) is 12.0. The first-order valence-corrected chi connectivity index (χ1v) is 7.41. The summed E-state index contributed by atoms with van der Waals surface area (Å²) >= 11 is 0. The smallest absolute Gasteiger partial charge is 0.268 e. The van der Waals surface area contributed by atoms with E-state index in [1.165, 1.54) is 0 Å². The molecule has 1 saturated heterocycles. The number of aromatic nitrogens is 1. The zero-order valence-electron chi connectivity index (χ0n) is 12.0. The number of nitrogens with two attached hydrogens (primary N) is 1. The first-order chi connectivity index (χ1) is 9.57.